The molecule has 2 rings (SSSR count). The first kappa shape index (κ1) is 13.5. The summed E-state index contributed by atoms with van der Waals surface area (Å²) in [6.45, 7) is 4.21. The molecule has 0 radical (unpaired) electrons. The summed E-state index contributed by atoms with van der Waals surface area (Å²) >= 11 is 0. The maximum Gasteiger partial charge on any atom is 0.354 e. The quantitative estimate of drug-likeness (QED) is 0.897. The Balaban J connectivity index is 2.07. The maximum atomic E-state index is 10.9. The van der Waals surface area contributed by atoms with Gasteiger partial charge in [-0.1, -0.05) is 6.07 Å². The van der Waals surface area contributed by atoms with E-state index in [4.69, 9.17) is 5.11 Å². The van der Waals surface area contributed by atoms with Crippen LogP contribution in [-0.4, -0.2) is 34.0 Å². The van der Waals surface area contributed by atoms with Gasteiger partial charge in [0, 0.05) is 13.1 Å². The lowest BCUT2D eigenvalue weighted by Gasteiger charge is -2.35. The molecular weight excluding hydrogens is 242 g/mol. The number of carboxylic acid groups (broad SMARTS) is 1. The van der Waals surface area contributed by atoms with Gasteiger partial charge in [-0.15, -0.1) is 0 Å². The monoisotopic (exact) mass is 259 g/mol. The molecule has 0 saturated carbocycles. The van der Waals surface area contributed by atoms with Crippen molar-refractivity contribution in [3.05, 3.63) is 29.6 Å². The second-order valence-electron chi connectivity index (χ2n) is 5.31. The average molecular weight is 259 g/mol. The van der Waals surface area contributed by atoms with E-state index in [9.17, 15) is 10.1 Å². The predicted octanol–water partition coefficient (Wildman–Crippen LogP) is 1.91. The molecule has 1 atom stereocenters. The van der Waals surface area contributed by atoms with Crippen molar-refractivity contribution in [2.75, 3.05) is 13.1 Å². The first-order valence-corrected chi connectivity index (χ1v) is 6.35. The van der Waals surface area contributed by atoms with Gasteiger partial charge in [0.15, 0.2) is 0 Å². The van der Waals surface area contributed by atoms with E-state index < -0.39 is 5.97 Å². The van der Waals surface area contributed by atoms with Crippen molar-refractivity contribution < 1.29 is 9.90 Å². The number of aromatic nitrogens is 1. The molecule has 2 heterocycles. The Labute approximate surface area is 112 Å². The molecule has 1 saturated heterocycles. The maximum absolute atomic E-state index is 10.9. The number of hydrogen-bond donors (Lipinski definition) is 1. The SMILES string of the molecule is C[C@@]1(C#N)CCCN(Cc2cccc(C(=O)O)n2)C1. The Bertz CT molecular complexity index is 524. The van der Waals surface area contributed by atoms with E-state index in [1.54, 1.807) is 6.07 Å². The van der Waals surface area contributed by atoms with Gasteiger partial charge in [-0.05, 0) is 38.4 Å². The molecular formula is C14H17N3O2. The highest BCUT2D eigenvalue weighted by Gasteiger charge is 2.30. The Morgan fingerprint density at radius 3 is 3.11 bits per heavy atom. The van der Waals surface area contributed by atoms with E-state index in [0.717, 1.165) is 25.1 Å². The van der Waals surface area contributed by atoms with Gasteiger partial charge in [-0.2, -0.15) is 5.26 Å². The highest BCUT2D eigenvalue weighted by Crippen LogP contribution is 2.29. The minimum absolute atomic E-state index is 0.0672. The van der Waals surface area contributed by atoms with Gasteiger partial charge in [0.05, 0.1) is 17.2 Å². The van der Waals surface area contributed by atoms with Crippen LogP contribution in [0, 0.1) is 16.7 Å². The van der Waals surface area contributed by atoms with Crippen LogP contribution in [0.25, 0.3) is 0 Å². The zero-order valence-corrected chi connectivity index (χ0v) is 11.0. The van der Waals surface area contributed by atoms with Crippen molar-refractivity contribution in [3.8, 4) is 6.07 Å². The van der Waals surface area contributed by atoms with Gasteiger partial charge in [-0.25, -0.2) is 9.78 Å². The van der Waals surface area contributed by atoms with E-state index in [1.165, 1.54) is 6.07 Å². The third-order valence-corrected chi connectivity index (χ3v) is 3.46. The molecule has 0 bridgehead atoms. The number of nitriles is 1. The summed E-state index contributed by atoms with van der Waals surface area (Å²) in [5.74, 6) is -1.01. The molecule has 0 unspecified atom stereocenters. The molecule has 1 fully saturated rings. The fourth-order valence-electron chi connectivity index (χ4n) is 2.49. The van der Waals surface area contributed by atoms with Crippen molar-refractivity contribution in [2.45, 2.75) is 26.3 Å². The molecule has 100 valence electrons. The molecule has 0 aliphatic carbocycles. The summed E-state index contributed by atoms with van der Waals surface area (Å²) in [6.07, 6.45) is 1.91. The summed E-state index contributed by atoms with van der Waals surface area (Å²) in [5, 5.41) is 18.1. The van der Waals surface area contributed by atoms with E-state index in [-0.39, 0.29) is 11.1 Å². The lowest BCUT2D eigenvalue weighted by Crippen LogP contribution is -2.40. The van der Waals surface area contributed by atoms with Crippen LogP contribution in [0.5, 0.6) is 0 Å². The standard InChI is InChI=1S/C14H17N3O2/c1-14(9-15)6-3-7-17(10-14)8-11-4-2-5-12(16-11)13(18)19/h2,4-5H,3,6-8,10H2,1H3,(H,18,19)/t14-/m0/s1. The number of hydrogen-bond acceptors (Lipinski definition) is 4. The molecule has 1 aromatic heterocycles. The largest absolute Gasteiger partial charge is 0.477 e. The minimum Gasteiger partial charge on any atom is -0.477 e. The third kappa shape index (κ3) is 3.30. The summed E-state index contributed by atoms with van der Waals surface area (Å²) in [7, 11) is 0. The Kier molecular flexibility index (Phi) is 3.82. The first-order valence-electron chi connectivity index (χ1n) is 6.35. The van der Waals surface area contributed by atoms with Gasteiger partial charge in [-0.3, -0.25) is 4.90 Å². The van der Waals surface area contributed by atoms with Crippen molar-refractivity contribution in [1.82, 2.24) is 9.88 Å². The summed E-state index contributed by atoms with van der Waals surface area (Å²) in [4.78, 5) is 17.2. The third-order valence-electron chi connectivity index (χ3n) is 3.46. The number of piperidine rings is 1. The number of pyridine rings is 1. The van der Waals surface area contributed by atoms with Crippen molar-refractivity contribution in [2.24, 2.45) is 5.41 Å². The molecule has 1 aliphatic heterocycles. The molecule has 0 aromatic carbocycles. The van der Waals surface area contributed by atoms with Crippen molar-refractivity contribution >= 4 is 5.97 Å². The number of carbonyl (C=O) groups is 1. The minimum atomic E-state index is -1.01. The highest BCUT2D eigenvalue weighted by molar-refractivity contribution is 5.85. The van der Waals surface area contributed by atoms with Gasteiger partial charge in [0.2, 0.25) is 0 Å². The second kappa shape index (κ2) is 5.37. The van der Waals surface area contributed by atoms with Crippen LogP contribution in [0.3, 0.4) is 0 Å². The smallest absolute Gasteiger partial charge is 0.354 e. The Morgan fingerprint density at radius 1 is 1.63 bits per heavy atom. The number of aromatic carboxylic acids is 1. The van der Waals surface area contributed by atoms with Crippen molar-refractivity contribution in [1.29, 1.82) is 5.26 Å². The Morgan fingerprint density at radius 2 is 2.42 bits per heavy atom. The van der Waals surface area contributed by atoms with Gasteiger partial charge < -0.3 is 5.11 Å². The van der Waals surface area contributed by atoms with Crippen LogP contribution in [0.2, 0.25) is 0 Å². The van der Waals surface area contributed by atoms with Gasteiger partial charge in [0.1, 0.15) is 5.69 Å². The Hall–Kier alpha value is -1.93. The molecule has 0 amide bonds. The number of carboxylic acids is 1. The summed E-state index contributed by atoms with van der Waals surface area (Å²) in [6, 6.07) is 7.39. The molecule has 1 aliphatic rings. The number of rotatable bonds is 3. The fraction of sp³-hybridized carbons (Fsp3) is 0.500. The zero-order valence-electron chi connectivity index (χ0n) is 11.0. The van der Waals surface area contributed by atoms with Crippen LogP contribution in [0.1, 0.15) is 35.9 Å². The number of likely N-dealkylation sites (tertiary alicyclic amines) is 1. The predicted molar refractivity (Wildman–Crippen MR) is 69.4 cm³/mol. The number of nitrogens with zero attached hydrogens (tertiary/aromatic N) is 3. The van der Waals surface area contributed by atoms with Crippen LogP contribution in [-0.2, 0) is 6.54 Å². The molecule has 0 spiro atoms. The zero-order chi connectivity index (χ0) is 13.9. The van der Waals surface area contributed by atoms with E-state index in [2.05, 4.69) is 16.0 Å². The fourth-order valence-corrected chi connectivity index (χ4v) is 2.49. The van der Waals surface area contributed by atoms with Crippen molar-refractivity contribution in [3.63, 3.8) is 0 Å². The second-order valence-corrected chi connectivity index (χ2v) is 5.31. The molecule has 1 N–H and O–H groups in total. The summed E-state index contributed by atoms with van der Waals surface area (Å²) in [5.41, 5.74) is 0.502. The molecule has 1 aromatic rings. The van der Waals surface area contributed by atoms with Crippen LogP contribution in [0.4, 0.5) is 0 Å². The van der Waals surface area contributed by atoms with Crippen LogP contribution >= 0.6 is 0 Å². The highest BCUT2D eigenvalue weighted by atomic mass is 16.4. The van der Waals surface area contributed by atoms with E-state index in [1.807, 2.05) is 13.0 Å². The molecule has 19 heavy (non-hydrogen) atoms. The normalized spacial score (nSPS) is 23.8. The van der Waals surface area contributed by atoms with Crippen LogP contribution in [0.15, 0.2) is 18.2 Å². The first-order chi connectivity index (χ1) is 9.02. The summed E-state index contributed by atoms with van der Waals surface area (Å²) < 4.78 is 0. The lowest BCUT2D eigenvalue weighted by molar-refractivity contribution is 0.0689. The lowest BCUT2D eigenvalue weighted by atomic mass is 9.83. The van der Waals surface area contributed by atoms with Crippen LogP contribution < -0.4 is 0 Å². The van der Waals surface area contributed by atoms with E-state index >= 15 is 0 Å². The molecule has 5 heteroatoms. The van der Waals surface area contributed by atoms with Gasteiger partial charge >= 0.3 is 5.97 Å². The average Bonchev–Trinajstić information content (AvgIpc) is 2.39. The van der Waals surface area contributed by atoms with Gasteiger partial charge in [0.25, 0.3) is 0 Å². The topological polar surface area (TPSA) is 77.2 Å². The van der Waals surface area contributed by atoms with E-state index in [0.29, 0.717) is 13.1 Å². The molecule has 5 nitrogen and oxygen atoms in total.